The van der Waals surface area contributed by atoms with Crippen LogP contribution in [0.15, 0.2) is 18.3 Å². The zero-order chi connectivity index (χ0) is 15.2. The van der Waals surface area contributed by atoms with E-state index in [1.54, 1.807) is 0 Å². The average Bonchev–Trinajstić information content (AvgIpc) is 3.01. The molecule has 4 nitrogen and oxygen atoms in total. The lowest BCUT2D eigenvalue weighted by molar-refractivity contribution is 0.0835. The van der Waals surface area contributed by atoms with E-state index in [0.29, 0.717) is 24.8 Å². The Morgan fingerprint density at radius 1 is 1.48 bits per heavy atom. The smallest absolute Gasteiger partial charge is 0.185 e. The summed E-state index contributed by atoms with van der Waals surface area (Å²) >= 11 is 0. The molecule has 116 valence electrons. The molecule has 0 aliphatic heterocycles. The Bertz CT molecular complexity index is 458. The molecular formula is C16H23FN2O2. The molecule has 1 aliphatic rings. The molecular weight excluding hydrogens is 271 g/mol. The van der Waals surface area contributed by atoms with Gasteiger partial charge in [-0.2, -0.15) is 0 Å². The number of halogens is 1. The van der Waals surface area contributed by atoms with Gasteiger partial charge in [0.1, 0.15) is 11.5 Å². The van der Waals surface area contributed by atoms with E-state index in [4.69, 9.17) is 0 Å². The largest absolute Gasteiger partial charge is 0.395 e. The Kier molecular flexibility index (Phi) is 5.82. The Morgan fingerprint density at radius 2 is 2.19 bits per heavy atom. The number of hydrogen-bond donors (Lipinski definition) is 1. The third kappa shape index (κ3) is 4.32. The topological polar surface area (TPSA) is 53.4 Å². The molecule has 0 spiro atoms. The fourth-order valence-corrected chi connectivity index (χ4v) is 3.03. The number of ketones is 1. The lowest BCUT2D eigenvalue weighted by atomic mass is 10.0. The van der Waals surface area contributed by atoms with Gasteiger partial charge in [-0.05, 0) is 25.0 Å². The quantitative estimate of drug-likeness (QED) is 0.784. The number of rotatable bonds is 7. The van der Waals surface area contributed by atoms with Gasteiger partial charge in [-0.3, -0.25) is 14.7 Å². The van der Waals surface area contributed by atoms with Crippen LogP contribution in [0, 0.1) is 11.7 Å². The number of aliphatic hydroxyl groups excluding tert-OH is 1. The molecule has 0 amide bonds. The van der Waals surface area contributed by atoms with Gasteiger partial charge < -0.3 is 5.11 Å². The Balaban J connectivity index is 1.98. The van der Waals surface area contributed by atoms with Crippen molar-refractivity contribution in [1.82, 2.24) is 9.88 Å². The molecule has 1 aliphatic carbocycles. The minimum atomic E-state index is -0.438. The normalized spacial score (nSPS) is 17.3. The third-order valence-electron chi connectivity index (χ3n) is 4.16. The number of pyridine rings is 1. The molecule has 1 N–H and O–H groups in total. The Labute approximate surface area is 125 Å². The van der Waals surface area contributed by atoms with Crippen molar-refractivity contribution in [2.45, 2.75) is 38.6 Å². The van der Waals surface area contributed by atoms with Gasteiger partial charge in [-0.1, -0.05) is 19.8 Å². The summed E-state index contributed by atoms with van der Waals surface area (Å²) < 4.78 is 12.9. The first-order valence-electron chi connectivity index (χ1n) is 7.62. The minimum Gasteiger partial charge on any atom is -0.395 e. The average molecular weight is 294 g/mol. The van der Waals surface area contributed by atoms with Crippen molar-refractivity contribution >= 4 is 5.78 Å². The third-order valence-corrected chi connectivity index (χ3v) is 4.16. The standard InChI is InChI=1S/C16H23FN2O2/c1-12(16(21)15-7-6-13(17)10-18-15)11-19(8-9-20)14-4-2-3-5-14/h6-7,10,12,14,20H,2-5,8-9,11H2,1H3. The summed E-state index contributed by atoms with van der Waals surface area (Å²) in [5, 5.41) is 9.22. The van der Waals surface area contributed by atoms with E-state index in [-0.39, 0.29) is 18.3 Å². The monoisotopic (exact) mass is 294 g/mol. The van der Waals surface area contributed by atoms with Gasteiger partial charge in [0.15, 0.2) is 5.78 Å². The van der Waals surface area contributed by atoms with Crippen molar-refractivity contribution < 1.29 is 14.3 Å². The van der Waals surface area contributed by atoms with E-state index in [9.17, 15) is 14.3 Å². The summed E-state index contributed by atoms with van der Waals surface area (Å²) in [5.74, 6) is -0.724. The maximum absolute atomic E-state index is 12.9. The number of aliphatic hydroxyl groups is 1. The summed E-state index contributed by atoms with van der Waals surface area (Å²) in [5.41, 5.74) is 0.305. The molecule has 1 heterocycles. The first-order valence-corrected chi connectivity index (χ1v) is 7.62. The van der Waals surface area contributed by atoms with E-state index in [0.717, 1.165) is 19.0 Å². The van der Waals surface area contributed by atoms with Crippen molar-refractivity contribution in [3.63, 3.8) is 0 Å². The molecule has 5 heteroatoms. The predicted octanol–water partition coefficient (Wildman–Crippen LogP) is 2.28. The van der Waals surface area contributed by atoms with Crippen molar-refractivity contribution in [1.29, 1.82) is 0 Å². The molecule has 1 aromatic rings. The van der Waals surface area contributed by atoms with Crippen LogP contribution in [0.3, 0.4) is 0 Å². The Morgan fingerprint density at radius 3 is 2.76 bits per heavy atom. The number of carbonyl (C=O) groups is 1. The van der Waals surface area contributed by atoms with Crippen LogP contribution in [0.25, 0.3) is 0 Å². The highest BCUT2D eigenvalue weighted by atomic mass is 19.1. The molecule has 0 aromatic carbocycles. The maximum atomic E-state index is 12.9. The molecule has 1 atom stereocenters. The number of Topliss-reactive ketones (excluding diaryl/α,β-unsaturated/α-hetero) is 1. The summed E-state index contributed by atoms with van der Waals surface area (Å²) in [4.78, 5) is 18.4. The number of hydrogen-bond acceptors (Lipinski definition) is 4. The highest BCUT2D eigenvalue weighted by Gasteiger charge is 2.26. The lowest BCUT2D eigenvalue weighted by Gasteiger charge is -2.30. The van der Waals surface area contributed by atoms with Crippen LogP contribution in [-0.4, -0.2) is 46.5 Å². The maximum Gasteiger partial charge on any atom is 0.185 e. The van der Waals surface area contributed by atoms with Crippen molar-refractivity contribution in [2.75, 3.05) is 19.7 Å². The molecule has 1 saturated carbocycles. The van der Waals surface area contributed by atoms with Gasteiger partial charge in [0, 0.05) is 25.0 Å². The van der Waals surface area contributed by atoms with E-state index in [2.05, 4.69) is 9.88 Å². The number of carbonyl (C=O) groups excluding carboxylic acids is 1. The second kappa shape index (κ2) is 7.61. The van der Waals surface area contributed by atoms with Gasteiger partial charge in [0.05, 0.1) is 12.8 Å². The predicted molar refractivity (Wildman–Crippen MR) is 78.6 cm³/mol. The highest BCUT2D eigenvalue weighted by molar-refractivity contribution is 5.95. The van der Waals surface area contributed by atoms with Crippen LogP contribution >= 0.6 is 0 Å². The zero-order valence-electron chi connectivity index (χ0n) is 12.5. The van der Waals surface area contributed by atoms with Crippen LogP contribution < -0.4 is 0 Å². The molecule has 0 saturated heterocycles. The molecule has 1 aromatic heterocycles. The second-order valence-corrected chi connectivity index (χ2v) is 5.78. The van der Waals surface area contributed by atoms with Gasteiger partial charge in [0.25, 0.3) is 0 Å². The van der Waals surface area contributed by atoms with Crippen LogP contribution in [0.5, 0.6) is 0 Å². The van der Waals surface area contributed by atoms with Gasteiger partial charge in [-0.25, -0.2) is 4.39 Å². The van der Waals surface area contributed by atoms with Gasteiger partial charge in [0.2, 0.25) is 0 Å². The molecule has 0 radical (unpaired) electrons. The first kappa shape index (κ1) is 16.0. The highest BCUT2D eigenvalue weighted by Crippen LogP contribution is 2.24. The second-order valence-electron chi connectivity index (χ2n) is 5.78. The fourth-order valence-electron chi connectivity index (χ4n) is 3.03. The minimum absolute atomic E-state index is 0.0732. The SMILES string of the molecule is CC(CN(CCO)C1CCCC1)C(=O)c1ccc(F)cn1. The van der Waals surface area contributed by atoms with E-state index in [1.165, 1.54) is 25.0 Å². The van der Waals surface area contributed by atoms with Crippen molar-refractivity contribution in [3.05, 3.63) is 29.8 Å². The van der Waals surface area contributed by atoms with Gasteiger partial charge >= 0.3 is 0 Å². The van der Waals surface area contributed by atoms with Crippen molar-refractivity contribution in [2.24, 2.45) is 5.92 Å². The molecule has 0 bridgehead atoms. The zero-order valence-corrected chi connectivity index (χ0v) is 12.5. The number of aromatic nitrogens is 1. The Hall–Kier alpha value is -1.33. The molecule has 1 fully saturated rings. The lowest BCUT2D eigenvalue weighted by Crippen LogP contribution is -2.40. The summed E-state index contributed by atoms with van der Waals surface area (Å²) in [6, 6.07) is 3.16. The first-order chi connectivity index (χ1) is 10.1. The van der Waals surface area contributed by atoms with Crippen LogP contribution in [-0.2, 0) is 0 Å². The van der Waals surface area contributed by atoms with Crippen LogP contribution in [0.1, 0.15) is 43.1 Å². The van der Waals surface area contributed by atoms with E-state index < -0.39 is 5.82 Å². The van der Waals surface area contributed by atoms with E-state index in [1.807, 2.05) is 6.92 Å². The summed E-state index contributed by atoms with van der Waals surface area (Å²) in [6.07, 6.45) is 5.77. The molecule has 21 heavy (non-hydrogen) atoms. The van der Waals surface area contributed by atoms with Crippen LogP contribution in [0.4, 0.5) is 4.39 Å². The summed E-state index contributed by atoms with van der Waals surface area (Å²) in [6.45, 7) is 3.18. The molecule has 2 rings (SSSR count). The number of nitrogens with zero attached hydrogens (tertiary/aromatic N) is 2. The van der Waals surface area contributed by atoms with E-state index >= 15 is 0 Å². The van der Waals surface area contributed by atoms with Gasteiger partial charge in [-0.15, -0.1) is 0 Å². The molecule has 1 unspecified atom stereocenters. The fraction of sp³-hybridized carbons (Fsp3) is 0.625. The van der Waals surface area contributed by atoms with Crippen molar-refractivity contribution in [3.8, 4) is 0 Å². The van der Waals surface area contributed by atoms with Crippen LogP contribution in [0.2, 0.25) is 0 Å². The summed E-state index contributed by atoms with van der Waals surface area (Å²) in [7, 11) is 0.